The van der Waals surface area contributed by atoms with Crippen molar-refractivity contribution >= 4 is 64.3 Å². The molecule has 1 heterocycles. The second kappa shape index (κ2) is 14.5. The highest BCUT2D eigenvalue weighted by molar-refractivity contribution is 6.53. The van der Waals surface area contributed by atoms with E-state index in [1.165, 1.54) is 5.69 Å². The van der Waals surface area contributed by atoms with Gasteiger partial charge in [0.15, 0.2) is 5.71 Å². The maximum absolute atomic E-state index is 13.3. The number of amides is 1. The minimum Gasteiger partial charge on any atom is -0.476 e. The first kappa shape index (κ1) is 31.8. The lowest BCUT2D eigenvalue weighted by Gasteiger charge is -2.25. The van der Waals surface area contributed by atoms with E-state index in [2.05, 4.69) is 102 Å². The van der Waals surface area contributed by atoms with E-state index in [-0.39, 0.29) is 11.3 Å². The van der Waals surface area contributed by atoms with E-state index in [1.54, 1.807) is 30.3 Å². The molecule has 0 saturated carbocycles. The molecule has 7 nitrogen and oxygen atoms in total. The Morgan fingerprint density at radius 2 is 1.10 bits per heavy atom. The van der Waals surface area contributed by atoms with Gasteiger partial charge in [-0.05, 0) is 97.3 Å². The van der Waals surface area contributed by atoms with Crippen LogP contribution in [0.3, 0.4) is 0 Å². The summed E-state index contributed by atoms with van der Waals surface area (Å²) in [5.41, 5.74) is 7.28. The number of carboxylic acids is 1. The number of hydrazone groups is 1. The van der Waals surface area contributed by atoms with Crippen LogP contribution in [0.15, 0.2) is 144 Å². The van der Waals surface area contributed by atoms with Gasteiger partial charge in [0.1, 0.15) is 0 Å². The van der Waals surface area contributed by atoms with Gasteiger partial charge < -0.3 is 14.9 Å². The maximum Gasteiger partial charge on any atom is 0.357 e. The fourth-order valence-electron chi connectivity index (χ4n) is 5.67. The minimum absolute atomic E-state index is 0.0301. The van der Waals surface area contributed by atoms with Crippen LogP contribution in [0.1, 0.15) is 30.5 Å². The van der Waals surface area contributed by atoms with Gasteiger partial charge >= 0.3 is 5.97 Å². The van der Waals surface area contributed by atoms with E-state index in [0.29, 0.717) is 11.3 Å². The van der Waals surface area contributed by atoms with E-state index in [1.807, 2.05) is 48.5 Å². The smallest absolute Gasteiger partial charge is 0.357 e. The Morgan fingerprint density at radius 1 is 0.646 bits per heavy atom. The standard InChI is InChI=1S/C41H36N4O3/c1-3-43(4-2)33-23-17-30(18-24-33)15-16-31-19-25-35(26-20-31)44(34-11-7-5-8-12-34)36-27-21-32(22-28-36)29-38-39(41(47)48)42-45(40(38)46)37-13-9-6-10-14-37/h5-29H,3-4H2,1-2H3,(H,47,48). The topological polar surface area (TPSA) is 76.5 Å². The molecule has 0 saturated heterocycles. The molecule has 0 aromatic heterocycles. The number of aliphatic carboxylic acids is 1. The van der Waals surface area contributed by atoms with Gasteiger partial charge in [-0.2, -0.15) is 10.1 Å². The SMILES string of the molecule is CCN(CC)c1ccc(C=Cc2ccc(N(c3ccccc3)c3ccc(C=C4C(=O)N(c5ccccc5)N=C4C(=O)O)cc3)cc2)cc1. The lowest BCUT2D eigenvalue weighted by atomic mass is 10.1. The molecule has 1 aliphatic rings. The van der Waals surface area contributed by atoms with E-state index < -0.39 is 11.9 Å². The first-order valence-corrected chi connectivity index (χ1v) is 16.0. The fourth-order valence-corrected chi connectivity index (χ4v) is 5.67. The Labute approximate surface area is 281 Å². The highest BCUT2D eigenvalue weighted by atomic mass is 16.4. The molecular formula is C41H36N4O3. The third-order valence-electron chi connectivity index (χ3n) is 8.20. The van der Waals surface area contributed by atoms with Gasteiger partial charge in [-0.1, -0.05) is 84.9 Å². The van der Waals surface area contributed by atoms with Crippen molar-refractivity contribution in [1.29, 1.82) is 0 Å². The zero-order chi connectivity index (χ0) is 33.5. The van der Waals surface area contributed by atoms with Crippen LogP contribution >= 0.6 is 0 Å². The lowest BCUT2D eigenvalue weighted by molar-refractivity contribution is -0.129. The van der Waals surface area contributed by atoms with Crippen LogP contribution < -0.4 is 14.8 Å². The molecule has 5 aromatic carbocycles. The summed E-state index contributed by atoms with van der Waals surface area (Å²) in [7, 11) is 0. The van der Waals surface area contributed by atoms with Crippen molar-refractivity contribution in [2.75, 3.05) is 27.9 Å². The zero-order valence-electron chi connectivity index (χ0n) is 26.9. The number of carbonyl (C=O) groups excluding carboxylic acids is 1. The van der Waals surface area contributed by atoms with Crippen LogP contribution in [0.4, 0.5) is 28.4 Å². The van der Waals surface area contributed by atoms with Crippen molar-refractivity contribution in [2.24, 2.45) is 5.10 Å². The summed E-state index contributed by atoms with van der Waals surface area (Å²) in [5, 5.41) is 15.0. The van der Waals surface area contributed by atoms with Crippen LogP contribution in [0, 0.1) is 0 Å². The lowest BCUT2D eigenvalue weighted by Crippen LogP contribution is -2.22. The number of rotatable bonds is 11. The van der Waals surface area contributed by atoms with Gasteiger partial charge in [0, 0.05) is 35.8 Å². The Kier molecular flexibility index (Phi) is 9.58. The summed E-state index contributed by atoms with van der Waals surface area (Å²) in [4.78, 5) is 29.7. The molecule has 0 unspecified atom stereocenters. The highest BCUT2D eigenvalue weighted by Crippen LogP contribution is 2.35. The van der Waals surface area contributed by atoms with E-state index in [0.717, 1.165) is 46.3 Å². The third-order valence-corrected chi connectivity index (χ3v) is 8.20. The van der Waals surface area contributed by atoms with Crippen LogP contribution in [0.25, 0.3) is 18.2 Å². The Balaban J connectivity index is 1.24. The Bertz CT molecular complexity index is 1960. The molecular weight excluding hydrogens is 596 g/mol. The second-order valence-corrected chi connectivity index (χ2v) is 11.2. The molecule has 0 bridgehead atoms. The zero-order valence-corrected chi connectivity index (χ0v) is 26.9. The van der Waals surface area contributed by atoms with Gasteiger partial charge in [-0.3, -0.25) is 4.79 Å². The van der Waals surface area contributed by atoms with E-state index in [4.69, 9.17) is 0 Å². The molecule has 0 spiro atoms. The molecule has 6 rings (SSSR count). The largest absolute Gasteiger partial charge is 0.476 e. The third kappa shape index (κ3) is 6.95. The van der Waals surface area contributed by atoms with E-state index >= 15 is 0 Å². The van der Waals surface area contributed by atoms with Gasteiger partial charge in [-0.25, -0.2) is 4.79 Å². The molecule has 1 N–H and O–H groups in total. The van der Waals surface area contributed by atoms with E-state index in [9.17, 15) is 14.7 Å². The number of benzene rings is 5. The normalized spacial score (nSPS) is 13.6. The molecule has 0 radical (unpaired) electrons. The van der Waals surface area contributed by atoms with Crippen molar-refractivity contribution in [2.45, 2.75) is 13.8 Å². The van der Waals surface area contributed by atoms with Gasteiger partial charge in [0.25, 0.3) is 5.91 Å². The van der Waals surface area contributed by atoms with Gasteiger partial charge in [-0.15, -0.1) is 0 Å². The Hall–Kier alpha value is -6.21. The van der Waals surface area contributed by atoms with Gasteiger partial charge in [0.2, 0.25) is 0 Å². The quantitative estimate of drug-likeness (QED) is 0.116. The average molecular weight is 633 g/mol. The first-order chi connectivity index (χ1) is 23.4. The van der Waals surface area contributed by atoms with Crippen LogP contribution in [-0.2, 0) is 9.59 Å². The van der Waals surface area contributed by atoms with Crippen molar-refractivity contribution in [3.63, 3.8) is 0 Å². The van der Waals surface area contributed by atoms with Crippen LogP contribution in [0.2, 0.25) is 0 Å². The van der Waals surface area contributed by atoms with Gasteiger partial charge in [0.05, 0.1) is 11.3 Å². The molecule has 0 aliphatic carbocycles. The summed E-state index contributed by atoms with van der Waals surface area (Å²) in [5.74, 6) is -1.74. The molecule has 1 aliphatic heterocycles. The molecule has 238 valence electrons. The number of hydrogen-bond acceptors (Lipinski definition) is 5. The average Bonchev–Trinajstić information content (AvgIpc) is 3.46. The predicted octanol–water partition coefficient (Wildman–Crippen LogP) is 9.04. The second-order valence-electron chi connectivity index (χ2n) is 11.2. The fraction of sp³-hybridized carbons (Fsp3) is 0.0976. The number of para-hydroxylation sites is 2. The molecule has 48 heavy (non-hydrogen) atoms. The van der Waals surface area contributed by atoms with Crippen molar-refractivity contribution in [1.82, 2.24) is 0 Å². The number of carboxylic acid groups (broad SMARTS) is 1. The number of nitrogens with zero attached hydrogens (tertiary/aromatic N) is 4. The summed E-state index contributed by atoms with van der Waals surface area (Å²) in [6.45, 7) is 6.30. The van der Waals surface area contributed by atoms with Crippen molar-refractivity contribution in [3.8, 4) is 0 Å². The molecule has 1 amide bonds. The molecule has 0 atom stereocenters. The number of hydrogen-bond donors (Lipinski definition) is 1. The first-order valence-electron chi connectivity index (χ1n) is 16.0. The number of carbonyl (C=O) groups is 2. The number of anilines is 5. The monoisotopic (exact) mass is 632 g/mol. The van der Waals surface area contributed by atoms with Crippen molar-refractivity contribution < 1.29 is 14.7 Å². The predicted molar refractivity (Wildman–Crippen MR) is 197 cm³/mol. The summed E-state index contributed by atoms with van der Waals surface area (Å²) in [6.07, 6.45) is 5.81. The molecule has 0 fully saturated rings. The molecule has 7 heteroatoms. The molecule has 5 aromatic rings. The Morgan fingerprint density at radius 3 is 1.60 bits per heavy atom. The minimum atomic E-state index is -1.26. The summed E-state index contributed by atoms with van der Waals surface area (Å²) in [6, 6.07) is 43.6. The highest BCUT2D eigenvalue weighted by Gasteiger charge is 2.35. The maximum atomic E-state index is 13.3. The summed E-state index contributed by atoms with van der Waals surface area (Å²) < 4.78 is 0. The summed E-state index contributed by atoms with van der Waals surface area (Å²) >= 11 is 0. The van der Waals surface area contributed by atoms with Crippen LogP contribution in [0.5, 0.6) is 0 Å². The van der Waals surface area contributed by atoms with Crippen molar-refractivity contribution in [3.05, 3.63) is 156 Å². The van der Waals surface area contributed by atoms with Crippen LogP contribution in [-0.4, -0.2) is 35.8 Å².